The van der Waals surface area contributed by atoms with Crippen LogP contribution in [0.3, 0.4) is 0 Å². The lowest BCUT2D eigenvalue weighted by Gasteiger charge is -2.33. The first kappa shape index (κ1) is 14.3. The number of hydrogen-bond donors (Lipinski definition) is 1. The minimum atomic E-state index is 0.555. The molecule has 0 saturated heterocycles. The van der Waals surface area contributed by atoms with Crippen LogP contribution >= 0.6 is 12.2 Å². The van der Waals surface area contributed by atoms with Gasteiger partial charge in [-0.2, -0.15) is 0 Å². The molecule has 0 aromatic heterocycles. The molecule has 0 radical (unpaired) electrons. The SMILES string of the molecule is C[C@@H]1CCCC[C@H]1NC(=S)N(C)Cc1ccccc1. The Morgan fingerprint density at radius 1 is 1.26 bits per heavy atom. The Balaban J connectivity index is 1.85. The van der Waals surface area contributed by atoms with Crippen LogP contribution in [0.4, 0.5) is 0 Å². The summed E-state index contributed by atoms with van der Waals surface area (Å²) >= 11 is 5.52. The summed E-state index contributed by atoms with van der Waals surface area (Å²) in [4.78, 5) is 2.13. The fraction of sp³-hybridized carbons (Fsp3) is 0.562. The van der Waals surface area contributed by atoms with Crippen molar-refractivity contribution >= 4 is 17.3 Å². The summed E-state index contributed by atoms with van der Waals surface area (Å²) in [6, 6.07) is 11.0. The normalized spacial score (nSPS) is 22.8. The molecule has 104 valence electrons. The second kappa shape index (κ2) is 6.90. The molecule has 0 bridgehead atoms. The Morgan fingerprint density at radius 2 is 1.95 bits per heavy atom. The van der Waals surface area contributed by atoms with Gasteiger partial charge in [0.05, 0.1) is 0 Å². The molecule has 3 heteroatoms. The zero-order valence-electron chi connectivity index (χ0n) is 11.9. The summed E-state index contributed by atoms with van der Waals surface area (Å²) < 4.78 is 0. The maximum Gasteiger partial charge on any atom is 0.169 e. The summed E-state index contributed by atoms with van der Waals surface area (Å²) in [5.74, 6) is 0.733. The highest BCUT2D eigenvalue weighted by Crippen LogP contribution is 2.23. The van der Waals surface area contributed by atoms with E-state index in [-0.39, 0.29) is 0 Å². The molecular formula is C16H24N2S. The van der Waals surface area contributed by atoms with E-state index in [0.29, 0.717) is 6.04 Å². The van der Waals surface area contributed by atoms with Crippen molar-refractivity contribution in [1.82, 2.24) is 10.2 Å². The van der Waals surface area contributed by atoms with E-state index in [4.69, 9.17) is 12.2 Å². The highest BCUT2D eigenvalue weighted by molar-refractivity contribution is 7.80. The molecule has 1 aromatic carbocycles. The van der Waals surface area contributed by atoms with Gasteiger partial charge in [0.15, 0.2) is 5.11 Å². The van der Waals surface area contributed by atoms with Crippen LogP contribution in [0.25, 0.3) is 0 Å². The highest BCUT2D eigenvalue weighted by Gasteiger charge is 2.22. The maximum absolute atomic E-state index is 5.52. The van der Waals surface area contributed by atoms with E-state index in [1.54, 1.807) is 0 Å². The second-order valence-electron chi connectivity index (χ2n) is 5.66. The largest absolute Gasteiger partial charge is 0.360 e. The molecule has 1 saturated carbocycles. The molecule has 1 aromatic rings. The van der Waals surface area contributed by atoms with E-state index in [0.717, 1.165) is 17.6 Å². The molecule has 0 heterocycles. The van der Waals surface area contributed by atoms with Crippen LogP contribution in [0.1, 0.15) is 38.2 Å². The van der Waals surface area contributed by atoms with Gasteiger partial charge in [-0.3, -0.25) is 0 Å². The molecule has 1 fully saturated rings. The van der Waals surface area contributed by atoms with Crippen LogP contribution < -0.4 is 5.32 Å². The smallest absolute Gasteiger partial charge is 0.169 e. The lowest BCUT2D eigenvalue weighted by molar-refractivity contribution is 0.300. The average Bonchev–Trinajstić information content (AvgIpc) is 2.42. The summed E-state index contributed by atoms with van der Waals surface area (Å²) in [5, 5.41) is 4.42. The van der Waals surface area contributed by atoms with Crippen molar-refractivity contribution in [3.8, 4) is 0 Å². The van der Waals surface area contributed by atoms with E-state index in [1.807, 2.05) is 6.07 Å². The van der Waals surface area contributed by atoms with Crippen molar-refractivity contribution in [3.63, 3.8) is 0 Å². The molecule has 2 atom stereocenters. The first-order chi connectivity index (χ1) is 9.16. The summed E-state index contributed by atoms with van der Waals surface area (Å²) in [7, 11) is 2.07. The van der Waals surface area contributed by atoms with Crippen molar-refractivity contribution < 1.29 is 0 Å². The maximum atomic E-state index is 5.52. The van der Waals surface area contributed by atoms with Gasteiger partial charge in [-0.15, -0.1) is 0 Å². The third kappa shape index (κ3) is 4.20. The Morgan fingerprint density at radius 3 is 2.63 bits per heavy atom. The van der Waals surface area contributed by atoms with Crippen molar-refractivity contribution in [2.45, 2.75) is 45.2 Å². The molecule has 0 aliphatic heterocycles. The molecule has 19 heavy (non-hydrogen) atoms. The van der Waals surface area contributed by atoms with Gasteiger partial charge >= 0.3 is 0 Å². The molecule has 1 aliphatic rings. The van der Waals surface area contributed by atoms with Crippen LogP contribution in [-0.4, -0.2) is 23.1 Å². The van der Waals surface area contributed by atoms with E-state index in [9.17, 15) is 0 Å². The number of thiocarbonyl (C=S) groups is 1. The van der Waals surface area contributed by atoms with E-state index >= 15 is 0 Å². The van der Waals surface area contributed by atoms with Crippen LogP contribution in [0.5, 0.6) is 0 Å². The van der Waals surface area contributed by atoms with Crippen molar-refractivity contribution in [1.29, 1.82) is 0 Å². The van der Waals surface area contributed by atoms with Gasteiger partial charge in [0.2, 0.25) is 0 Å². The summed E-state index contributed by atoms with van der Waals surface area (Å²) in [5.41, 5.74) is 1.30. The predicted molar refractivity (Wildman–Crippen MR) is 85.1 cm³/mol. The van der Waals surface area contributed by atoms with E-state index in [1.165, 1.54) is 31.2 Å². The van der Waals surface area contributed by atoms with E-state index < -0.39 is 0 Å². The molecule has 1 aliphatic carbocycles. The zero-order chi connectivity index (χ0) is 13.7. The molecule has 0 unspecified atom stereocenters. The molecule has 2 nitrogen and oxygen atoms in total. The molecule has 2 rings (SSSR count). The Labute approximate surface area is 122 Å². The van der Waals surface area contributed by atoms with Gasteiger partial charge in [0.25, 0.3) is 0 Å². The zero-order valence-corrected chi connectivity index (χ0v) is 12.7. The Bertz CT molecular complexity index is 404. The second-order valence-corrected chi connectivity index (χ2v) is 6.05. The minimum absolute atomic E-state index is 0.555. The average molecular weight is 276 g/mol. The van der Waals surface area contributed by atoms with Crippen LogP contribution in [0.2, 0.25) is 0 Å². The first-order valence-electron chi connectivity index (χ1n) is 7.22. The van der Waals surface area contributed by atoms with Crippen LogP contribution in [0.15, 0.2) is 30.3 Å². The Kier molecular flexibility index (Phi) is 5.20. The van der Waals surface area contributed by atoms with Crippen molar-refractivity contribution in [2.75, 3.05) is 7.05 Å². The standard InChI is InChI=1S/C16H24N2S/c1-13-8-6-7-11-15(13)17-16(19)18(2)12-14-9-4-3-5-10-14/h3-5,9-10,13,15H,6-8,11-12H2,1-2H3,(H,17,19)/t13-,15-/m1/s1. The van der Waals surface area contributed by atoms with Gasteiger partial charge in [0, 0.05) is 19.6 Å². The van der Waals surface area contributed by atoms with Gasteiger partial charge in [-0.25, -0.2) is 0 Å². The van der Waals surface area contributed by atoms with E-state index in [2.05, 4.69) is 48.5 Å². The molecule has 1 N–H and O–H groups in total. The summed E-state index contributed by atoms with van der Waals surface area (Å²) in [6.07, 6.45) is 5.27. The first-order valence-corrected chi connectivity index (χ1v) is 7.63. The highest BCUT2D eigenvalue weighted by atomic mass is 32.1. The van der Waals surface area contributed by atoms with Crippen molar-refractivity contribution in [2.24, 2.45) is 5.92 Å². The fourth-order valence-corrected chi connectivity index (χ4v) is 2.94. The molecule has 0 amide bonds. The lowest BCUT2D eigenvalue weighted by Crippen LogP contribution is -2.46. The summed E-state index contributed by atoms with van der Waals surface area (Å²) in [6.45, 7) is 3.20. The predicted octanol–water partition coefficient (Wildman–Crippen LogP) is 3.57. The topological polar surface area (TPSA) is 15.3 Å². The van der Waals surface area contributed by atoms with Crippen molar-refractivity contribution in [3.05, 3.63) is 35.9 Å². The number of nitrogens with zero attached hydrogens (tertiary/aromatic N) is 1. The van der Waals surface area contributed by atoms with Gasteiger partial charge in [-0.05, 0) is 36.5 Å². The van der Waals surface area contributed by atoms with Crippen LogP contribution in [-0.2, 0) is 6.54 Å². The Hall–Kier alpha value is -1.09. The molecule has 0 spiro atoms. The third-order valence-corrected chi connectivity index (χ3v) is 4.46. The third-order valence-electron chi connectivity index (χ3n) is 4.03. The van der Waals surface area contributed by atoms with Gasteiger partial charge in [-0.1, -0.05) is 50.1 Å². The van der Waals surface area contributed by atoms with Gasteiger partial charge < -0.3 is 10.2 Å². The molecular weight excluding hydrogens is 252 g/mol. The minimum Gasteiger partial charge on any atom is -0.360 e. The number of benzene rings is 1. The number of hydrogen-bond acceptors (Lipinski definition) is 1. The quantitative estimate of drug-likeness (QED) is 0.850. The van der Waals surface area contributed by atoms with Crippen LogP contribution in [0, 0.1) is 5.92 Å². The van der Waals surface area contributed by atoms with Gasteiger partial charge in [0.1, 0.15) is 0 Å². The monoisotopic (exact) mass is 276 g/mol. The fourth-order valence-electron chi connectivity index (χ4n) is 2.73. The lowest BCUT2D eigenvalue weighted by atomic mass is 9.86. The number of rotatable bonds is 3. The number of nitrogens with one attached hydrogen (secondary N) is 1.